The summed E-state index contributed by atoms with van der Waals surface area (Å²) in [7, 11) is 0. The lowest BCUT2D eigenvalue weighted by molar-refractivity contribution is 0.101. The molecule has 0 N–H and O–H groups in total. The Morgan fingerprint density at radius 2 is 1.00 bits per heavy atom. The Bertz CT molecular complexity index is 590. The topological polar surface area (TPSA) is 23.6 Å². The molecule has 3 heteroatoms. The zero-order valence-corrected chi connectivity index (χ0v) is 23.6. The summed E-state index contributed by atoms with van der Waals surface area (Å²) in [5, 5.41) is 0. The van der Waals surface area contributed by atoms with Crippen LogP contribution in [-0.4, -0.2) is 54.9 Å². The van der Waals surface area contributed by atoms with Crippen LogP contribution in [0.5, 0.6) is 0 Å². The minimum Gasteiger partial charge on any atom is -0.303 e. The van der Waals surface area contributed by atoms with Gasteiger partial charge in [-0.15, -0.1) is 0 Å². The predicted molar refractivity (Wildman–Crippen MR) is 148 cm³/mol. The van der Waals surface area contributed by atoms with Gasteiger partial charge in [-0.1, -0.05) is 65.0 Å². The van der Waals surface area contributed by atoms with E-state index in [0.717, 1.165) is 16.7 Å². The van der Waals surface area contributed by atoms with Crippen LogP contribution in [0.15, 0.2) is 12.1 Å². The van der Waals surface area contributed by atoms with Gasteiger partial charge in [-0.3, -0.25) is 4.79 Å². The first kappa shape index (κ1) is 31.8. The second-order valence-corrected chi connectivity index (χ2v) is 9.76. The minimum absolute atomic E-state index is 0.152. The van der Waals surface area contributed by atoms with E-state index in [1.54, 1.807) is 6.92 Å². The maximum absolute atomic E-state index is 11.2. The number of Topliss-reactive ketones (excluding diaryl/α,β-unsaturated/α-hetero) is 1. The molecule has 0 aliphatic heterocycles. The summed E-state index contributed by atoms with van der Waals surface area (Å²) < 4.78 is 0. The number of hydrogen-bond donors (Lipinski definition) is 0. The maximum Gasteiger partial charge on any atom is 0.160 e. The van der Waals surface area contributed by atoms with Crippen molar-refractivity contribution in [3.63, 3.8) is 0 Å². The number of rotatable bonds is 17. The average molecular weight is 461 g/mol. The van der Waals surface area contributed by atoms with Crippen LogP contribution in [0.1, 0.15) is 119 Å². The molecule has 3 nitrogen and oxygen atoms in total. The van der Waals surface area contributed by atoms with E-state index in [2.05, 4.69) is 43.6 Å². The molecule has 0 aliphatic carbocycles. The van der Waals surface area contributed by atoms with Crippen molar-refractivity contribution in [3.8, 4) is 0 Å². The predicted octanol–water partition coefficient (Wildman–Crippen LogP) is 8.00. The molecule has 0 amide bonds. The molecule has 0 spiro atoms. The van der Waals surface area contributed by atoms with Gasteiger partial charge in [0.25, 0.3) is 0 Å². The summed E-state index contributed by atoms with van der Waals surface area (Å²) in [6.07, 6.45) is 12.1. The highest BCUT2D eigenvalue weighted by Crippen LogP contribution is 2.16. The van der Waals surface area contributed by atoms with E-state index in [-0.39, 0.29) is 5.78 Å². The average Bonchev–Trinajstić information content (AvgIpc) is 2.79. The molecular weight excluding hydrogens is 404 g/mol. The van der Waals surface area contributed by atoms with Crippen LogP contribution in [0.3, 0.4) is 0 Å². The van der Waals surface area contributed by atoms with Gasteiger partial charge in [-0.2, -0.15) is 0 Å². The van der Waals surface area contributed by atoms with Crippen molar-refractivity contribution in [2.24, 2.45) is 0 Å². The second-order valence-electron chi connectivity index (χ2n) is 9.76. The first-order chi connectivity index (χ1) is 15.8. The third-order valence-electron chi connectivity index (χ3n) is 6.45. The Labute approximate surface area is 207 Å². The number of nitrogens with zero attached hydrogens (tertiary/aromatic N) is 2. The van der Waals surface area contributed by atoms with E-state index in [1.165, 1.54) is 103 Å². The fraction of sp³-hybridized carbons (Fsp3) is 0.767. The molecular formula is C30H56N2O. The Balaban J connectivity index is 0.000000716. The van der Waals surface area contributed by atoms with Crippen molar-refractivity contribution < 1.29 is 4.79 Å². The summed E-state index contributed by atoms with van der Waals surface area (Å²) in [4.78, 5) is 16.6. The first-order valence-electron chi connectivity index (χ1n) is 13.8. The fourth-order valence-electron chi connectivity index (χ4n) is 4.12. The lowest BCUT2D eigenvalue weighted by atomic mass is 9.98. The highest BCUT2D eigenvalue weighted by atomic mass is 16.1. The number of carbonyl (C=O) groups is 1. The van der Waals surface area contributed by atoms with Crippen molar-refractivity contribution in [2.75, 3.05) is 39.3 Å². The minimum atomic E-state index is 0.152. The Morgan fingerprint density at radius 1 is 0.636 bits per heavy atom. The summed E-state index contributed by atoms with van der Waals surface area (Å²) in [6, 6.07) is 4.05. The molecule has 1 aromatic carbocycles. The molecule has 0 unspecified atom stereocenters. The van der Waals surface area contributed by atoms with Gasteiger partial charge in [0, 0.05) is 5.56 Å². The van der Waals surface area contributed by atoms with Crippen LogP contribution in [0.4, 0.5) is 0 Å². The first-order valence-corrected chi connectivity index (χ1v) is 13.8. The Kier molecular flexibility index (Phi) is 19.5. The fourth-order valence-corrected chi connectivity index (χ4v) is 4.12. The number of hydrogen-bond acceptors (Lipinski definition) is 3. The standard InChI is InChI=1S/C19H42N2.C11H14O/c1-5-9-14-20(15-10-6-2)18-13-19-21(16-11-7-3)17-12-8-4;1-7-5-8(2)9(3)11(6-7)10(4)12/h5-19H2,1-4H3;5-6H,1-4H3. The smallest absolute Gasteiger partial charge is 0.160 e. The van der Waals surface area contributed by atoms with Gasteiger partial charge in [0.05, 0.1) is 0 Å². The molecule has 0 atom stereocenters. The third-order valence-corrected chi connectivity index (χ3v) is 6.45. The van der Waals surface area contributed by atoms with Gasteiger partial charge < -0.3 is 9.80 Å². The highest BCUT2D eigenvalue weighted by Gasteiger charge is 2.08. The van der Waals surface area contributed by atoms with Gasteiger partial charge in [-0.05, 0) is 116 Å². The number of aryl methyl sites for hydroxylation is 2. The Morgan fingerprint density at radius 3 is 1.33 bits per heavy atom. The van der Waals surface area contributed by atoms with E-state index in [1.807, 2.05) is 26.8 Å². The SMILES string of the molecule is CC(=O)c1cc(C)cc(C)c1C.CCCCN(CCCC)CCCN(CCCC)CCCC. The molecule has 0 aliphatic rings. The van der Waals surface area contributed by atoms with Crippen LogP contribution in [-0.2, 0) is 0 Å². The summed E-state index contributed by atoms with van der Waals surface area (Å²) in [5.41, 5.74) is 4.31. The highest BCUT2D eigenvalue weighted by molar-refractivity contribution is 5.96. The number of carbonyl (C=O) groups excluding carboxylic acids is 1. The van der Waals surface area contributed by atoms with Gasteiger partial charge in [0.1, 0.15) is 0 Å². The summed E-state index contributed by atoms with van der Waals surface area (Å²) in [6.45, 7) is 24.7. The number of ketones is 1. The lowest BCUT2D eigenvalue weighted by Crippen LogP contribution is -2.32. The molecule has 0 bridgehead atoms. The molecule has 0 saturated heterocycles. The Hall–Kier alpha value is -1.19. The number of benzene rings is 1. The molecule has 192 valence electrons. The largest absolute Gasteiger partial charge is 0.303 e. The molecule has 0 aromatic heterocycles. The van der Waals surface area contributed by atoms with E-state index in [0.29, 0.717) is 0 Å². The molecule has 0 saturated carbocycles. The van der Waals surface area contributed by atoms with Crippen LogP contribution < -0.4 is 0 Å². The molecule has 0 fully saturated rings. The summed E-state index contributed by atoms with van der Waals surface area (Å²) >= 11 is 0. The summed E-state index contributed by atoms with van der Waals surface area (Å²) in [5.74, 6) is 0.152. The van der Waals surface area contributed by atoms with Crippen LogP contribution >= 0.6 is 0 Å². The monoisotopic (exact) mass is 460 g/mol. The zero-order chi connectivity index (χ0) is 25.1. The van der Waals surface area contributed by atoms with Crippen molar-refractivity contribution in [2.45, 2.75) is 113 Å². The van der Waals surface area contributed by atoms with E-state index in [9.17, 15) is 4.79 Å². The van der Waals surface area contributed by atoms with Crippen LogP contribution in [0.2, 0.25) is 0 Å². The third kappa shape index (κ3) is 15.4. The van der Waals surface area contributed by atoms with Crippen LogP contribution in [0, 0.1) is 20.8 Å². The molecule has 0 heterocycles. The lowest BCUT2D eigenvalue weighted by Gasteiger charge is -2.25. The quantitative estimate of drug-likeness (QED) is 0.220. The van der Waals surface area contributed by atoms with Gasteiger partial charge in [-0.25, -0.2) is 0 Å². The van der Waals surface area contributed by atoms with E-state index >= 15 is 0 Å². The van der Waals surface area contributed by atoms with Gasteiger partial charge in [0.2, 0.25) is 0 Å². The van der Waals surface area contributed by atoms with Crippen molar-refractivity contribution in [3.05, 3.63) is 34.4 Å². The van der Waals surface area contributed by atoms with E-state index in [4.69, 9.17) is 0 Å². The molecule has 1 aromatic rings. The molecule has 0 radical (unpaired) electrons. The zero-order valence-electron chi connectivity index (χ0n) is 23.6. The normalized spacial score (nSPS) is 11.1. The van der Waals surface area contributed by atoms with Crippen molar-refractivity contribution >= 4 is 5.78 Å². The van der Waals surface area contributed by atoms with Crippen molar-refractivity contribution in [1.29, 1.82) is 0 Å². The van der Waals surface area contributed by atoms with E-state index < -0.39 is 0 Å². The van der Waals surface area contributed by atoms with Gasteiger partial charge in [0.15, 0.2) is 5.78 Å². The van der Waals surface area contributed by atoms with Crippen LogP contribution in [0.25, 0.3) is 0 Å². The molecule has 33 heavy (non-hydrogen) atoms. The molecule has 1 rings (SSSR count). The number of unbranched alkanes of at least 4 members (excludes halogenated alkanes) is 4. The maximum atomic E-state index is 11.2. The van der Waals surface area contributed by atoms with Crippen molar-refractivity contribution in [1.82, 2.24) is 9.80 Å². The van der Waals surface area contributed by atoms with Gasteiger partial charge >= 0.3 is 0 Å². The second kappa shape index (κ2) is 20.2.